The largest absolute Gasteiger partial charge is 0.463 e. The summed E-state index contributed by atoms with van der Waals surface area (Å²) in [6, 6.07) is -0.833. The molecule has 0 radical (unpaired) electrons. The highest BCUT2D eigenvalue weighted by atomic mass is 16.7. The topological polar surface area (TPSA) is 87.6 Å². The van der Waals surface area contributed by atoms with Gasteiger partial charge >= 0.3 is 12.0 Å². The first-order valence-electron chi connectivity index (χ1n) is 2.61. The van der Waals surface area contributed by atoms with E-state index in [0.717, 1.165) is 0 Å². The molecule has 4 N–H and O–H groups in total. The van der Waals surface area contributed by atoms with Crippen LogP contribution in [0.25, 0.3) is 0 Å². The lowest BCUT2D eigenvalue weighted by Crippen LogP contribution is -2.18. The van der Waals surface area contributed by atoms with Gasteiger partial charge in [0.05, 0.1) is 14.2 Å². The molecule has 0 saturated carbocycles. The zero-order valence-electron chi connectivity index (χ0n) is 6.59. The Morgan fingerprint density at radius 3 is 1.64 bits per heavy atom. The number of nitrogens with two attached hydrogens (primary N) is 2. The van der Waals surface area contributed by atoms with Crippen molar-refractivity contribution < 1.29 is 14.3 Å². The first-order valence-corrected chi connectivity index (χ1v) is 2.61. The molecular formula is C6H12N2O3. The van der Waals surface area contributed by atoms with Gasteiger partial charge in [-0.3, -0.25) is 0 Å². The summed E-state index contributed by atoms with van der Waals surface area (Å²) >= 11 is 0. The quantitative estimate of drug-likeness (QED) is 0.437. The molecule has 0 spiro atoms. The highest BCUT2D eigenvalue weighted by molar-refractivity contribution is 5.69. The lowest BCUT2D eigenvalue weighted by Gasteiger charge is -1.96. The fourth-order valence-electron chi connectivity index (χ4n) is 0.228. The Hall–Kier alpha value is -1.61. The van der Waals surface area contributed by atoms with Crippen molar-refractivity contribution in [1.29, 1.82) is 0 Å². The Morgan fingerprint density at radius 1 is 1.36 bits per heavy atom. The average Bonchev–Trinajstić information content (AvgIpc) is 1.90. The van der Waals surface area contributed by atoms with Crippen LogP contribution in [0.4, 0.5) is 4.79 Å². The first kappa shape index (κ1) is 12.1. The maximum atomic E-state index is 9.00. The Morgan fingerprint density at radius 2 is 1.64 bits per heavy atom. The standard InChI is InChI=1S/C5H8O2.CH4N2O/c1-4-5(6-2)7-3;2-1(3)4/h1H2,2-3H3;(H4,2,3,4). The summed E-state index contributed by atoms with van der Waals surface area (Å²) in [6.45, 7) is 3.29. The lowest BCUT2D eigenvalue weighted by molar-refractivity contribution is 0.0967. The predicted octanol–water partition coefficient (Wildman–Crippen LogP) is -0.0707. The molecule has 0 aromatic heterocycles. The van der Waals surface area contributed by atoms with Gasteiger partial charge in [0.2, 0.25) is 0 Å². The van der Waals surface area contributed by atoms with Crippen molar-refractivity contribution in [3.63, 3.8) is 0 Å². The third-order valence-corrected chi connectivity index (χ3v) is 0.515. The van der Waals surface area contributed by atoms with Crippen molar-refractivity contribution >= 4 is 6.03 Å². The summed E-state index contributed by atoms with van der Waals surface area (Å²) in [5.74, 6) is 0.319. The minimum Gasteiger partial charge on any atom is -0.463 e. The fourth-order valence-corrected chi connectivity index (χ4v) is 0.228. The van der Waals surface area contributed by atoms with Crippen molar-refractivity contribution in [1.82, 2.24) is 0 Å². The maximum absolute atomic E-state index is 9.00. The second-order valence-corrected chi connectivity index (χ2v) is 1.27. The molecule has 0 atom stereocenters. The third kappa shape index (κ3) is 17.8. The van der Waals surface area contributed by atoms with Crippen molar-refractivity contribution in [2.24, 2.45) is 11.5 Å². The van der Waals surface area contributed by atoms with Crippen LogP contribution >= 0.6 is 0 Å². The lowest BCUT2D eigenvalue weighted by atomic mass is 10.9. The number of ether oxygens (including phenoxy) is 2. The fraction of sp³-hybridized carbons (Fsp3) is 0.333. The molecule has 0 aliphatic carbocycles. The van der Waals surface area contributed by atoms with Crippen LogP contribution in [0.1, 0.15) is 0 Å². The van der Waals surface area contributed by atoms with E-state index in [1.165, 1.54) is 14.2 Å². The molecule has 5 nitrogen and oxygen atoms in total. The average molecular weight is 160 g/mol. The van der Waals surface area contributed by atoms with Gasteiger partial charge in [-0.1, -0.05) is 0 Å². The number of carbonyl (C=O) groups excluding carboxylic acids is 1. The summed E-state index contributed by atoms with van der Waals surface area (Å²) in [7, 11) is 2.99. The molecule has 0 saturated heterocycles. The molecule has 5 heteroatoms. The van der Waals surface area contributed by atoms with Gasteiger partial charge in [0.1, 0.15) is 0 Å². The van der Waals surface area contributed by atoms with Gasteiger partial charge in [-0.25, -0.2) is 4.79 Å². The molecule has 0 rings (SSSR count). The second-order valence-electron chi connectivity index (χ2n) is 1.27. The molecule has 0 aromatic rings. The van der Waals surface area contributed by atoms with Crippen LogP contribution < -0.4 is 11.5 Å². The molecule has 64 valence electrons. The van der Waals surface area contributed by atoms with Crippen LogP contribution in [-0.4, -0.2) is 20.3 Å². The number of hydrogen-bond donors (Lipinski definition) is 2. The van der Waals surface area contributed by atoms with E-state index in [-0.39, 0.29) is 0 Å². The van der Waals surface area contributed by atoms with Gasteiger partial charge in [-0.15, -0.1) is 0 Å². The Labute approximate surface area is 65.3 Å². The van der Waals surface area contributed by atoms with Gasteiger partial charge < -0.3 is 20.9 Å². The van der Waals surface area contributed by atoms with E-state index in [1.807, 2.05) is 0 Å². The van der Waals surface area contributed by atoms with Gasteiger partial charge in [0.25, 0.3) is 0 Å². The SMILES string of the molecule is C=C=C(OC)OC.NC(N)=O. The smallest absolute Gasteiger partial charge is 0.326 e. The highest BCUT2D eigenvalue weighted by Crippen LogP contribution is 1.88. The van der Waals surface area contributed by atoms with Crippen molar-refractivity contribution in [3.05, 3.63) is 18.3 Å². The Bertz CT molecular complexity index is 151. The van der Waals surface area contributed by atoms with E-state index in [2.05, 4.69) is 33.3 Å². The Balaban J connectivity index is 0. The van der Waals surface area contributed by atoms with E-state index in [1.54, 1.807) is 0 Å². The molecule has 0 heterocycles. The highest BCUT2D eigenvalue weighted by Gasteiger charge is 1.82. The van der Waals surface area contributed by atoms with Crippen LogP contribution in [0.3, 0.4) is 0 Å². The van der Waals surface area contributed by atoms with Crippen LogP contribution in [0, 0.1) is 0 Å². The number of amides is 2. The molecule has 0 aromatic carbocycles. The van der Waals surface area contributed by atoms with Gasteiger partial charge in [-0.2, -0.15) is 0 Å². The van der Waals surface area contributed by atoms with E-state index >= 15 is 0 Å². The number of urea groups is 1. The summed E-state index contributed by atoms with van der Waals surface area (Å²) in [5, 5.41) is 0. The van der Waals surface area contributed by atoms with E-state index in [0.29, 0.717) is 5.95 Å². The minimum atomic E-state index is -0.833. The number of primary amides is 2. The van der Waals surface area contributed by atoms with E-state index < -0.39 is 6.03 Å². The number of hydrogen-bond acceptors (Lipinski definition) is 3. The molecule has 11 heavy (non-hydrogen) atoms. The van der Waals surface area contributed by atoms with Crippen molar-refractivity contribution in [2.45, 2.75) is 0 Å². The summed E-state index contributed by atoms with van der Waals surface area (Å²) in [4.78, 5) is 9.00. The monoisotopic (exact) mass is 160 g/mol. The van der Waals surface area contributed by atoms with Crippen molar-refractivity contribution in [2.75, 3.05) is 14.2 Å². The Kier molecular flexibility index (Phi) is 9.23. The van der Waals surface area contributed by atoms with Crippen LogP contribution in [-0.2, 0) is 9.47 Å². The van der Waals surface area contributed by atoms with Crippen LogP contribution in [0.15, 0.2) is 18.3 Å². The molecule has 2 amide bonds. The minimum absolute atomic E-state index is 0.319. The maximum Gasteiger partial charge on any atom is 0.326 e. The van der Waals surface area contributed by atoms with Crippen LogP contribution in [0.2, 0.25) is 0 Å². The molecule has 0 fully saturated rings. The summed E-state index contributed by atoms with van der Waals surface area (Å²) in [5.41, 5.74) is 10.9. The molecular weight excluding hydrogens is 148 g/mol. The van der Waals surface area contributed by atoms with E-state index in [9.17, 15) is 0 Å². The van der Waals surface area contributed by atoms with Crippen molar-refractivity contribution in [3.8, 4) is 0 Å². The zero-order valence-corrected chi connectivity index (χ0v) is 6.59. The van der Waals surface area contributed by atoms with Gasteiger partial charge in [-0.05, 0) is 12.3 Å². The second kappa shape index (κ2) is 8.39. The zero-order chi connectivity index (χ0) is 9.28. The number of rotatable bonds is 2. The molecule has 0 aliphatic heterocycles. The van der Waals surface area contributed by atoms with Gasteiger partial charge in [0.15, 0.2) is 0 Å². The molecule has 0 unspecified atom stereocenters. The van der Waals surface area contributed by atoms with Crippen LogP contribution in [0.5, 0.6) is 0 Å². The summed E-state index contributed by atoms with van der Waals surface area (Å²) < 4.78 is 9.14. The normalized spacial score (nSPS) is 6.36. The van der Waals surface area contributed by atoms with Gasteiger partial charge in [0, 0.05) is 0 Å². The first-order chi connectivity index (χ1) is 5.08. The number of methoxy groups -OCH3 is 2. The third-order valence-electron chi connectivity index (χ3n) is 0.515. The predicted molar refractivity (Wildman–Crippen MR) is 40.4 cm³/mol. The molecule has 0 bridgehead atoms. The molecule has 0 aliphatic rings. The number of carbonyl (C=O) groups is 1. The summed E-state index contributed by atoms with van der Waals surface area (Å²) in [6.07, 6.45) is 0. The van der Waals surface area contributed by atoms with E-state index in [4.69, 9.17) is 4.79 Å².